The van der Waals surface area contributed by atoms with Crippen molar-refractivity contribution in [2.24, 2.45) is 11.7 Å². The Hall–Kier alpha value is -1.10. The van der Waals surface area contributed by atoms with Gasteiger partial charge in [-0.1, -0.05) is 6.92 Å². The van der Waals surface area contributed by atoms with Crippen LogP contribution in [0.5, 0.6) is 0 Å². The van der Waals surface area contributed by atoms with Crippen molar-refractivity contribution in [1.29, 1.82) is 0 Å². The summed E-state index contributed by atoms with van der Waals surface area (Å²) in [6.45, 7) is 2.58. The van der Waals surface area contributed by atoms with Crippen LogP contribution in [0.4, 0.5) is 0 Å². The van der Waals surface area contributed by atoms with E-state index in [0.717, 1.165) is 12.8 Å². The second kappa shape index (κ2) is 4.41. The molecular weight excluding hydrogens is 184 g/mol. The minimum absolute atomic E-state index is 0.0430. The predicted octanol–water partition coefficient (Wildman–Crippen LogP) is -0.343. The maximum atomic E-state index is 11.0. The molecule has 5 heteroatoms. The molecule has 3 N–H and O–H groups in total. The minimum Gasteiger partial charge on any atom is -0.480 e. The molecule has 1 fully saturated rings. The van der Waals surface area contributed by atoms with E-state index < -0.39 is 17.9 Å². The van der Waals surface area contributed by atoms with E-state index in [1.165, 1.54) is 0 Å². The van der Waals surface area contributed by atoms with Gasteiger partial charge in [-0.15, -0.1) is 0 Å². The summed E-state index contributed by atoms with van der Waals surface area (Å²) in [7, 11) is 0. The molecule has 1 amide bonds. The lowest BCUT2D eigenvalue weighted by Crippen LogP contribution is -2.51. The molecule has 2 unspecified atom stereocenters. The van der Waals surface area contributed by atoms with Crippen LogP contribution in [0, 0.1) is 5.92 Å². The van der Waals surface area contributed by atoms with Gasteiger partial charge in [-0.25, -0.2) is 0 Å². The van der Waals surface area contributed by atoms with Gasteiger partial charge in [0, 0.05) is 0 Å². The third-order valence-corrected chi connectivity index (χ3v) is 2.65. The second-order valence-electron chi connectivity index (χ2n) is 3.84. The molecule has 80 valence electrons. The number of nitrogens with two attached hydrogens (primary N) is 1. The Balaban J connectivity index is 2.69. The number of nitrogens with zero attached hydrogens (tertiary/aromatic N) is 1. The summed E-state index contributed by atoms with van der Waals surface area (Å²) in [5.41, 5.74) is 5.06. The molecule has 2 atom stereocenters. The van der Waals surface area contributed by atoms with Crippen molar-refractivity contribution in [1.82, 2.24) is 4.90 Å². The Kier molecular flexibility index (Phi) is 3.46. The molecule has 0 bridgehead atoms. The van der Waals surface area contributed by atoms with Crippen LogP contribution in [-0.4, -0.2) is 41.0 Å². The van der Waals surface area contributed by atoms with E-state index in [9.17, 15) is 9.59 Å². The van der Waals surface area contributed by atoms with E-state index in [1.54, 1.807) is 4.90 Å². The average Bonchev–Trinajstić information content (AvgIpc) is 2.01. The zero-order chi connectivity index (χ0) is 10.7. The van der Waals surface area contributed by atoms with Crippen LogP contribution in [0.2, 0.25) is 0 Å². The molecule has 14 heavy (non-hydrogen) atoms. The monoisotopic (exact) mass is 200 g/mol. The van der Waals surface area contributed by atoms with Crippen molar-refractivity contribution < 1.29 is 14.7 Å². The normalized spacial score (nSPS) is 28.6. The first-order valence-electron chi connectivity index (χ1n) is 4.77. The molecule has 0 spiro atoms. The van der Waals surface area contributed by atoms with Crippen molar-refractivity contribution >= 4 is 11.9 Å². The van der Waals surface area contributed by atoms with Crippen molar-refractivity contribution in [2.45, 2.75) is 25.8 Å². The van der Waals surface area contributed by atoms with Gasteiger partial charge in [0.15, 0.2) is 0 Å². The van der Waals surface area contributed by atoms with Crippen molar-refractivity contribution in [3.8, 4) is 0 Å². The zero-order valence-electron chi connectivity index (χ0n) is 8.27. The van der Waals surface area contributed by atoms with Gasteiger partial charge in [-0.3, -0.25) is 14.5 Å². The SMILES string of the molecule is CC1CCCN(CC(N)=O)C1C(=O)O. The standard InChI is InChI=1S/C9H16N2O3/c1-6-3-2-4-11(5-7(10)12)8(6)9(13)14/h6,8H,2-5H2,1H3,(H2,10,12)(H,13,14). The van der Waals surface area contributed by atoms with Crippen molar-refractivity contribution in [3.05, 3.63) is 0 Å². The number of carboxylic acids is 1. The van der Waals surface area contributed by atoms with Crippen LogP contribution < -0.4 is 5.73 Å². The summed E-state index contributed by atoms with van der Waals surface area (Å²) < 4.78 is 0. The van der Waals surface area contributed by atoms with E-state index in [2.05, 4.69) is 0 Å². The van der Waals surface area contributed by atoms with Crippen LogP contribution in [-0.2, 0) is 9.59 Å². The number of hydrogen-bond acceptors (Lipinski definition) is 3. The molecule has 0 radical (unpaired) electrons. The lowest BCUT2D eigenvalue weighted by molar-refractivity contribution is -0.147. The number of carbonyl (C=O) groups excluding carboxylic acids is 1. The molecule has 0 aromatic rings. The minimum atomic E-state index is -0.863. The number of amides is 1. The number of carboxylic acid groups (broad SMARTS) is 1. The predicted molar refractivity (Wildman–Crippen MR) is 50.6 cm³/mol. The van der Waals surface area contributed by atoms with Gasteiger partial charge < -0.3 is 10.8 Å². The van der Waals surface area contributed by atoms with Crippen molar-refractivity contribution in [2.75, 3.05) is 13.1 Å². The summed E-state index contributed by atoms with van der Waals surface area (Å²) in [6, 6.07) is -0.559. The first-order chi connectivity index (χ1) is 6.52. The summed E-state index contributed by atoms with van der Waals surface area (Å²) >= 11 is 0. The fraction of sp³-hybridized carbons (Fsp3) is 0.778. The maximum absolute atomic E-state index is 11.0. The van der Waals surface area contributed by atoms with Gasteiger partial charge in [0.05, 0.1) is 6.54 Å². The molecule has 5 nitrogen and oxygen atoms in total. The van der Waals surface area contributed by atoms with Gasteiger partial charge in [-0.05, 0) is 25.3 Å². The Morgan fingerprint density at radius 3 is 2.71 bits per heavy atom. The fourth-order valence-electron chi connectivity index (χ4n) is 2.05. The van der Waals surface area contributed by atoms with Gasteiger partial charge in [-0.2, -0.15) is 0 Å². The quantitative estimate of drug-likeness (QED) is 0.652. The number of likely N-dealkylation sites (tertiary alicyclic amines) is 1. The van der Waals surface area contributed by atoms with E-state index in [1.807, 2.05) is 6.92 Å². The third kappa shape index (κ3) is 2.45. The lowest BCUT2D eigenvalue weighted by atomic mass is 9.91. The van der Waals surface area contributed by atoms with Crippen LogP contribution in [0.3, 0.4) is 0 Å². The van der Waals surface area contributed by atoms with Gasteiger partial charge in [0.1, 0.15) is 6.04 Å². The van der Waals surface area contributed by atoms with E-state index in [-0.39, 0.29) is 12.5 Å². The van der Waals surface area contributed by atoms with Gasteiger partial charge in [0.2, 0.25) is 5.91 Å². The van der Waals surface area contributed by atoms with Gasteiger partial charge in [0.25, 0.3) is 0 Å². The van der Waals surface area contributed by atoms with Crippen molar-refractivity contribution in [3.63, 3.8) is 0 Å². The highest BCUT2D eigenvalue weighted by atomic mass is 16.4. The molecule has 1 rings (SSSR count). The number of rotatable bonds is 3. The number of primary amides is 1. The highest BCUT2D eigenvalue weighted by Crippen LogP contribution is 2.22. The van der Waals surface area contributed by atoms with Crippen LogP contribution >= 0.6 is 0 Å². The Morgan fingerprint density at radius 1 is 1.57 bits per heavy atom. The summed E-state index contributed by atoms with van der Waals surface area (Å²) in [4.78, 5) is 23.3. The molecular formula is C9H16N2O3. The molecule has 1 aliphatic heterocycles. The van der Waals surface area contributed by atoms with E-state index in [4.69, 9.17) is 10.8 Å². The largest absolute Gasteiger partial charge is 0.480 e. The van der Waals surface area contributed by atoms with E-state index in [0.29, 0.717) is 6.54 Å². The summed E-state index contributed by atoms with van der Waals surface area (Å²) in [5, 5.41) is 9.00. The van der Waals surface area contributed by atoms with Crippen LogP contribution in [0.1, 0.15) is 19.8 Å². The molecule has 0 aliphatic carbocycles. The van der Waals surface area contributed by atoms with Gasteiger partial charge >= 0.3 is 5.97 Å². The summed E-state index contributed by atoms with van der Waals surface area (Å²) in [5.74, 6) is -1.25. The first kappa shape index (κ1) is 11.0. The van der Waals surface area contributed by atoms with E-state index >= 15 is 0 Å². The first-order valence-corrected chi connectivity index (χ1v) is 4.77. The number of hydrogen-bond donors (Lipinski definition) is 2. The van der Waals surface area contributed by atoms with Crippen LogP contribution in [0.25, 0.3) is 0 Å². The molecule has 0 aromatic heterocycles. The molecule has 0 aromatic carbocycles. The number of aliphatic carboxylic acids is 1. The zero-order valence-corrected chi connectivity index (χ0v) is 8.27. The second-order valence-corrected chi connectivity index (χ2v) is 3.84. The average molecular weight is 200 g/mol. The Morgan fingerprint density at radius 2 is 2.21 bits per heavy atom. The molecule has 1 heterocycles. The molecule has 1 aliphatic rings. The molecule has 1 saturated heterocycles. The summed E-state index contributed by atoms with van der Waals surface area (Å²) in [6.07, 6.45) is 1.82. The molecule has 0 saturated carbocycles. The third-order valence-electron chi connectivity index (χ3n) is 2.65. The number of piperidine rings is 1. The fourth-order valence-corrected chi connectivity index (χ4v) is 2.05. The highest BCUT2D eigenvalue weighted by Gasteiger charge is 2.34. The topological polar surface area (TPSA) is 83.6 Å². The van der Waals surface area contributed by atoms with Crippen LogP contribution in [0.15, 0.2) is 0 Å². The smallest absolute Gasteiger partial charge is 0.321 e. The highest BCUT2D eigenvalue weighted by molar-refractivity contribution is 5.78. The Labute approximate surface area is 82.9 Å². The Bertz CT molecular complexity index is 242. The lowest BCUT2D eigenvalue weighted by Gasteiger charge is -2.36. The number of carbonyl (C=O) groups is 2. The maximum Gasteiger partial charge on any atom is 0.321 e.